The summed E-state index contributed by atoms with van der Waals surface area (Å²) < 4.78 is 9.34. The second-order valence-corrected chi connectivity index (χ2v) is 6.54. The number of carbonyl (C=O) groups excluding carboxylic acids is 2. The Morgan fingerprint density at radius 1 is 0.731 bits per heavy atom. The first-order valence-corrected chi connectivity index (χ1v) is 8.24. The topological polar surface area (TPSA) is 78.6 Å². The van der Waals surface area contributed by atoms with Crippen molar-refractivity contribution in [2.45, 2.75) is 31.7 Å². The lowest BCUT2D eigenvalue weighted by Crippen LogP contribution is -2.42. The monoisotopic (exact) mass is 357 g/mol. The zero-order valence-electron chi connectivity index (χ0n) is 16.0. The molecule has 0 aromatic heterocycles. The van der Waals surface area contributed by atoms with Crippen LogP contribution in [0, 0.1) is 0 Å². The fourth-order valence-electron chi connectivity index (χ4n) is 2.34. The van der Waals surface area contributed by atoms with Crippen molar-refractivity contribution in [3.63, 3.8) is 0 Å². The summed E-state index contributed by atoms with van der Waals surface area (Å²) in [4.78, 5) is 22.7. The van der Waals surface area contributed by atoms with E-state index < -0.39 is 16.9 Å². The van der Waals surface area contributed by atoms with Gasteiger partial charge in [0.15, 0.2) is 0 Å². The van der Waals surface area contributed by atoms with Crippen molar-refractivity contribution >= 4 is 11.9 Å². The third kappa shape index (κ3) is 5.17. The molecule has 0 saturated heterocycles. The van der Waals surface area contributed by atoms with E-state index in [-0.39, 0.29) is 5.97 Å². The Morgan fingerprint density at radius 2 is 1.12 bits per heavy atom. The highest BCUT2D eigenvalue weighted by Gasteiger charge is 2.31. The Balaban J connectivity index is 0.000000260. The van der Waals surface area contributed by atoms with Gasteiger partial charge in [-0.25, -0.2) is 4.79 Å². The van der Waals surface area contributed by atoms with Gasteiger partial charge in [-0.3, -0.25) is 4.79 Å². The molecule has 5 heteroatoms. The third-order valence-electron chi connectivity index (χ3n) is 4.17. The van der Waals surface area contributed by atoms with Crippen LogP contribution in [0.3, 0.4) is 0 Å². The number of nitrogens with two attached hydrogens (primary N) is 1. The molecule has 2 aromatic rings. The molecular formula is C21H27NO4. The lowest BCUT2D eigenvalue weighted by molar-refractivity contribution is -0.147. The van der Waals surface area contributed by atoms with Crippen LogP contribution in [0.25, 0.3) is 0 Å². The molecule has 0 heterocycles. The maximum Gasteiger partial charge on any atom is 0.330 e. The molecule has 0 aliphatic heterocycles. The smallest absolute Gasteiger partial charge is 0.330 e. The molecule has 5 nitrogen and oxygen atoms in total. The second-order valence-electron chi connectivity index (χ2n) is 6.54. The normalized spacial score (nSPS) is 12.8. The van der Waals surface area contributed by atoms with Crippen molar-refractivity contribution in [2.24, 2.45) is 5.73 Å². The van der Waals surface area contributed by atoms with Gasteiger partial charge in [-0.2, -0.15) is 0 Å². The SMILES string of the molecule is COC(=O)C(C)(C)c1ccccc1.COC(=O)[C@@](C)(N)c1ccccc1. The summed E-state index contributed by atoms with van der Waals surface area (Å²) in [7, 11) is 2.74. The molecule has 0 unspecified atom stereocenters. The van der Waals surface area contributed by atoms with Gasteiger partial charge in [-0.15, -0.1) is 0 Å². The van der Waals surface area contributed by atoms with Crippen molar-refractivity contribution < 1.29 is 19.1 Å². The minimum absolute atomic E-state index is 0.210. The fourth-order valence-corrected chi connectivity index (χ4v) is 2.34. The lowest BCUT2D eigenvalue weighted by atomic mass is 9.85. The van der Waals surface area contributed by atoms with Gasteiger partial charge in [-0.05, 0) is 31.9 Å². The van der Waals surface area contributed by atoms with Crippen LogP contribution in [0.5, 0.6) is 0 Å². The molecule has 1 atom stereocenters. The van der Waals surface area contributed by atoms with E-state index in [0.29, 0.717) is 0 Å². The zero-order valence-corrected chi connectivity index (χ0v) is 16.0. The number of benzene rings is 2. The minimum Gasteiger partial charge on any atom is -0.468 e. The van der Waals surface area contributed by atoms with Gasteiger partial charge in [0.1, 0.15) is 5.54 Å². The van der Waals surface area contributed by atoms with Crippen LogP contribution >= 0.6 is 0 Å². The Bertz CT molecular complexity index is 646. The van der Waals surface area contributed by atoms with Crippen LogP contribution in [0.4, 0.5) is 0 Å². The first-order valence-electron chi connectivity index (χ1n) is 8.24. The van der Waals surface area contributed by atoms with Gasteiger partial charge in [-0.1, -0.05) is 60.7 Å². The van der Waals surface area contributed by atoms with Crippen LogP contribution in [0.2, 0.25) is 0 Å². The van der Waals surface area contributed by atoms with Crippen LogP contribution in [-0.2, 0) is 30.0 Å². The number of rotatable bonds is 4. The minimum atomic E-state index is -1.06. The molecule has 0 spiro atoms. The maximum atomic E-state index is 11.4. The van der Waals surface area contributed by atoms with E-state index in [1.54, 1.807) is 19.1 Å². The summed E-state index contributed by atoms with van der Waals surface area (Å²) in [6, 6.07) is 18.8. The zero-order chi connectivity index (χ0) is 19.8. The van der Waals surface area contributed by atoms with Crippen molar-refractivity contribution in [3.8, 4) is 0 Å². The van der Waals surface area contributed by atoms with Gasteiger partial charge in [0, 0.05) is 0 Å². The van der Waals surface area contributed by atoms with Crippen LogP contribution in [0.1, 0.15) is 31.9 Å². The van der Waals surface area contributed by atoms with Gasteiger partial charge < -0.3 is 15.2 Å². The van der Waals surface area contributed by atoms with E-state index in [2.05, 4.69) is 4.74 Å². The molecule has 26 heavy (non-hydrogen) atoms. The average Bonchev–Trinajstić information content (AvgIpc) is 2.68. The number of methoxy groups -OCH3 is 2. The molecule has 0 fully saturated rings. The van der Waals surface area contributed by atoms with Crippen molar-refractivity contribution in [1.29, 1.82) is 0 Å². The summed E-state index contributed by atoms with van der Waals surface area (Å²) in [6.07, 6.45) is 0. The molecule has 2 N–H and O–H groups in total. The molecule has 0 aliphatic rings. The van der Waals surface area contributed by atoms with E-state index >= 15 is 0 Å². The summed E-state index contributed by atoms with van der Waals surface area (Å²) in [5.74, 6) is -0.641. The number of carbonyl (C=O) groups is 2. The van der Waals surface area contributed by atoms with Crippen molar-refractivity contribution in [3.05, 3.63) is 71.8 Å². The average molecular weight is 357 g/mol. The molecule has 0 amide bonds. The highest BCUT2D eigenvalue weighted by Crippen LogP contribution is 2.23. The highest BCUT2D eigenvalue weighted by atomic mass is 16.5. The van der Waals surface area contributed by atoms with Gasteiger partial charge in [0.25, 0.3) is 0 Å². The van der Waals surface area contributed by atoms with Crippen LogP contribution in [0.15, 0.2) is 60.7 Å². The number of ether oxygens (including phenoxy) is 2. The predicted molar refractivity (Wildman–Crippen MR) is 101 cm³/mol. The standard InChI is InChI=1S/C11H14O2.C10H13NO2/c1-11(2,10(12)13-3)9-7-5-4-6-8-9;1-10(11,9(12)13-2)8-6-4-3-5-7-8/h4-8H,1-3H3;3-7H,11H2,1-2H3/t;10-/m.0/s1. The van der Waals surface area contributed by atoms with E-state index in [9.17, 15) is 9.59 Å². The summed E-state index contributed by atoms with van der Waals surface area (Å²) >= 11 is 0. The molecule has 2 rings (SSSR count). The van der Waals surface area contributed by atoms with Gasteiger partial charge in [0.2, 0.25) is 0 Å². The molecular weight excluding hydrogens is 330 g/mol. The molecule has 0 aliphatic carbocycles. The summed E-state index contributed by atoms with van der Waals surface area (Å²) in [6.45, 7) is 5.34. The van der Waals surface area contributed by atoms with E-state index in [4.69, 9.17) is 10.5 Å². The number of hydrogen-bond acceptors (Lipinski definition) is 5. The first kappa shape index (κ1) is 21.4. The fraction of sp³-hybridized carbons (Fsp3) is 0.333. The quantitative estimate of drug-likeness (QED) is 0.850. The Kier molecular flexibility index (Phi) is 7.53. The largest absolute Gasteiger partial charge is 0.468 e. The third-order valence-corrected chi connectivity index (χ3v) is 4.17. The second kappa shape index (κ2) is 9.15. The highest BCUT2D eigenvalue weighted by molar-refractivity contribution is 5.82. The Hall–Kier alpha value is -2.66. The molecule has 0 radical (unpaired) electrons. The van der Waals surface area contributed by atoms with Crippen molar-refractivity contribution in [2.75, 3.05) is 14.2 Å². The van der Waals surface area contributed by atoms with E-state index in [1.165, 1.54) is 14.2 Å². The van der Waals surface area contributed by atoms with Gasteiger partial charge >= 0.3 is 11.9 Å². The molecule has 0 saturated carbocycles. The number of hydrogen-bond donors (Lipinski definition) is 1. The van der Waals surface area contributed by atoms with Crippen molar-refractivity contribution in [1.82, 2.24) is 0 Å². The number of esters is 2. The molecule has 2 aromatic carbocycles. The maximum absolute atomic E-state index is 11.4. The van der Waals surface area contributed by atoms with Crippen LogP contribution in [-0.4, -0.2) is 26.2 Å². The predicted octanol–water partition coefficient (Wildman–Crippen LogP) is 3.17. The van der Waals surface area contributed by atoms with E-state index in [0.717, 1.165) is 11.1 Å². The first-order chi connectivity index (χ1) is 12.2. The Morgan fingerprint density at radius 3 is 1.50 bits per heavy atom. The summed E-state index contributed by atoms with van der Waals surface area (Å²) in [5, 5.41) is 0. The van der Waals surface area contributed by atoms with Crippen LogP contribution < -0.4 is 5.73 Å². The Labute approximate surface area is 155 Å². The molecule has 140 valence electrons. The van der Waals surface area contributed by atoms with Gasteiger partial charge in [0.05, 0.1) is 19.6 Å². The lowest BCUT2D eigenvalue weighted by Gasteiger charge is -2.21. The summed E-state index contributed by atoms with van der Waals surface area (Å²) in [5.41, 5.74) is 5.92. The molecule has 0 bridgehead atoms. The van der Waals surface area contributed by atoms with E-state index in [1.807, 2.05) is 62.4 Å².